The minimum Gasteiger partial charge on any atom is -0.496 e. The van der Waals surface area contributed by atoms with E-state index in [1.54, 1.807) is 11.8 Å². The molecule has 31 heavy (non-hydrogen) atoms. The fraction of sp³-hybridized carbons (Fsp3) is 0.400. The van der Waals surface area contributed by atoms with E-state index >= 15 is 0 Å². The Bertz CT molecular complexity index is 1040. The predicted molar refractivity (Wildman–Crippen MR) is 113 cm³/mol. The average molecular weight is 479 g/mol. The first kappa shape index (κ1) is 23.7. The van der Waals surface area contributed by atoms with E-state index < -0.39 is 39.4 Å². The quantitative estimate of drug-likeness (QED) is 0.581. The van der Waals surface area contributed by atoms with Gasteiger partial charge in [-0.05, 0) is 48.8 Å². The Morgan fingerprint density at radius 3 is 2.39 bits per heavy atom. The van der Waals surface area contributed by atoms with Crippen LogP contribution in [0.15, 0.2) is 41.3 Å². The van der Waals surface area contributed by atoms with Gasteiger partial charge >= 0.3 is 6.18 Å². The molecule has 0 spiro atoms. The second-order valence-corrected chi connectivity index (χ2v) is 10.0. The number of hydrogen-bond donors (Lipinski definition) is 0. The highest BCUT2D eigenvalue weighted by Gasteiger charge is 2.41. The van der Waals surface area contributed by atoms with Crippen LogP contribution in [0.3, 0.4) is 0 Å². The smallest absolute Gasteiger partial charge is 0.420 e. The van der Waals surface area contributed by atoms with Crippen molar-refractivity contribution in [2.75, 3.05) is 37.6 Å². The molecule has 0 aromatic heterocycles. The standard InChI is InChI=1S/C20H22F4N2O3S2/c1-25-15(8-9-30-3)12-26(14-6-4-13(21)5-7-14)17-10-16(20(22,23)24)18(29-2)11-19(17)31(25,27)28/h4-7,10-11,15H,8-9,12H2,1-3H3/t15-/m1/s1. The number of alkyl halides is 3. The SMILES string of the molecule is COc1cc2c(cc1C(F)(F)F)N(c1ccc(F)cc1)C[C@@H](CCSC)N(C)S2(=O)=O. The topological polar surface area (TPSA) is 49.9 Å². The van der Waals surface area contributed by atoms with Crippen LogP contribution >= 0.6 is 11.8 Å². The second kappa shape index (κ2) is 8.87. The highest BCUT2D eigenvalue weighted by atomic mass is 32.2. The normalized spacial score (nSPS) is 19.1. The van der Waals surface area contributed by atoms with Gasteiger partial charge in [0.15, 0.2) is 0 Å². The van der Waals surface area contributed by atoms with Gasteiger partial charge in [-0.15, -0.1) is 0 Å². The van der Waals surface area contributed by atoms with Crippen molar-refractivity contribution in [2.24, 2.45) is 0 Å². The Balaban J connectivity index is 2.30. The lowest BCUT2D eigenvalue weighted by atomic mass is 10.1. The molecule has 2 aromatic rings. The molecule has 0 bridgehead atoms. The second-order valence-electron chi connectivity index (χ2n) is 7.06. The molecule has 0 unspecified atom stereocenters. The van der Waals surface area contributed by atoms with Crippen LogP contribution in [0, 0.1) is 5.82 Å². The number of methoxy groups -OCH3 is 1. The van der Waals surface area contributed by atoms with E-state index in [1.807, 2.05) is 6.26 Å². The summed E-state index contributed by atoms with van der Waals surface area (Å²) in [5.74, 6) is -0.423. The lowest BCUT2D eigenvalue weighted by molar-refractivity contribution is -0.138. The Hall–Kier alpha value is -1.98. The molecule has 0 fully saturated rings. The number of nitrogens with zero attached hydrogens (tertiary/aromatic N) is 2. The van der Waals surface area contributed by atoms with Gasteiger partial charge in [0.05, 0.1) is 18.4 Å². The Labute approximate surface area is 183 Å². The number of fused-ring (bicyclic) bond motifs is 1. The van der Waals surface area contributed by atoms with Gasteiger partial charge in [-0.1, -0.05) is 0 Å². The number of sulfonamides is 1. The van der Waals surface area contributed by atoms with E-state index in [0.29, 0.717) is 17.9 Å². The number of ether oxygens (including phenoxy) is 1. The summed E-state index contributed by atoms with van der Waals surface area (Å²) in [7, 11) is -1.64. The van der Waals surface area contributed by atoms with Crippen LogP contribution < -0.4 is 9.64 Å². The van der Waals surface area contributed by atoms with Gasteiger partial charge < -0.3 is 9.64 Å². The number of thioether (sulfide) groups is 1. The van der Waals surface area contributed by atoms with Gasteiger partial charge in [-0.3, -0.25) is 0 Å². The largest absolute Gasteiger partial charge is 0.496 e. The van der Waals surface area contributed by atoms with Gasteiger partial charge in [0, 0.05) is 31.4 Å². The van der Waals surface area contributed by atoms with Crippen molar-refractivity contribution in [1.82, 2.24) is 4.31 Å². The summed E-state index contributed by atoms with van der Waals surface area (Å²) in [6.45, 7) is 0.110. The van der Waals surface area contributed by atoms with Crippen LogP contribution in [0.1, 0.15) is 12.0 Å². The first-order valence-electron chi connectivity index (χ1n) is 9.30. The maximum Gasteiger partial charge on any atom is 0.420 e. The molecule has 3 rings (SSSR count). The summed E-state index contributed by atoms with van der Waals surface area (Å²) in [5, 5.41) is 0. The van der Waals surface area contributed by atoms with Gasteiger partial charge in [0.2, 0.25) is 10.0 Å². The first-order valence-corrected chi connectivity index (χ1v) is 12.1. The van der Waals surface area contributed by atoms with Crippen molar-refractivity contribution in [3.63, 3.8) is 0 Å². The van der Waals surface area contributed by atoms with E-state index in [2.05, 4.69) is 0 Å². The third kappa shape index (κ3) is 4.63. The molecule has 1 aliphatic rings. The van der Waals surface area contributed by atoms with Crippen LogP contribution in [-0.4, -0.2) is 51.5 Å². The highest BCUT2D eigenvalue weighted by molar-refractivity contribution is 7.98. The number of likely N-dealkylation sites (N-methyl/N-ethyl adjacent to an activating group) is 1. The van der Waals surface area contributed by atoms with Crippen LogP contribution in [0.2, 0.25) is 0 Å². The zero-order valence-electron chi connectivity index (χ0n) is 17.1. The summed E-state index contributed by atoms with van der Waals surface area (Å²) < 4.78 is 87.3. The minimum absolute atomic E-state index is 0.110. The van der Waals surface area contributed by atoms with Crippen molar-refractivity contribution in [1.29, 1.82) is 0 Å². The molecule has 0 radical (unpaired) electrons. The van der Waals surface area contributed by atoms with Gasteiger partial charge in [0.1, 0.15) is 16.5 Å². The van der Waals surface area contributed by atoms with Crippen molar-refractivity contribution >= 4 is 33.2 Å². The third-order valence-corrected chi connectivity index (χ3v) is 7.82. The minimum atomic E-state index is -4.75. The molecule has 11 heteroatoms. The predicted octanol–water partition coefficient (Wildman–Crippen LogP) is 4.75. The number of rotatable bonds is 5. The first-order chi connectivity index (χ1) is 14.5. The molecule has 2 aromatic carbocycles. The Morgan fingerprint density at radius 1 is 1.19 bits per heavy atom. The van der Waals surface area contributed by atoms with E-state index in [4.69, 9.17) is 4.74 Å². The Morgan fingerprint density at radius 2 is 1.84 bits per heavy atom. The summed E-state index contributed by atoms with van der Waals surface area (Å²) in [5.41, 5.74) is -0.819. The fourth-order valence-electron chi connectivity index (χ4n) is 3.53. The molecular formula is C20H22F4N2O3S2. The molecule has 0 aliphatic carbocycles. The van der Waals surface area contributed by atoms with E-state index in [1.165, 1.54) is 40.5 Å². The lowest BCUT2D eigenvalue weighted by Gasteiger charge is -2.29. The van der Waals surface area contributed by atoms with Crippen molar-refractivity contribution in [3.8, 4) is 5.75 Å². The maximum absolute atomic E-state index is 13.7. The molecule has 1 atom stereocenters. The Kier molecular flexibility index (Phi) is 6.78. The average Bonchev–Trinajstić information content (AvgIpc) is 2.79. The lowest BCUT2D eigenvalue weighted by Crippen LogP contribution is -2.41. The number of benzene rings is 2. The summed E-state index contributed by atoms with van der Waals surface area (Å²) in [4.78, 5) is 1.20. The van der Waals surface area contributed by atoms with E-state index in [-0.39, 0.29) is 17.1 Å². The maximum atomic E-state index is 13.7. The summed E-state index contributed by atoms with van der Waals surface area (Å²) in [6, 6.07) is 6.40. The molecule has 1 aliphatic heterocycles. The molecule has 1 heterocycles. The summed E-state index contributed by atoms with van der Waals surface area (Å²) >= 11 is 1.54. The van der Waals surface area contributed by atoms with Crippen LogP contribution in [0.25, 0.3) is 0 Å². The molecular weight excluding hydrogens is 456 g/mol. The summed E-state index contributed by atoms with van der Waals surface area (Å²) in [6.07, 6.45) is -2.38. The van der Waals surface area contributed by atoms with Crippen LogP contribution in [0.5, 0.6) is 5.75 Å². The van der Waals surface area contributed by atoms with Crippen molar-refractivity contribution < 1.29 is 30.7 Å². The molecule has 170 valence electrons. The molecule has 0 saturated heterocycles. The monoisotopic (exact) mass is 478 g/mol. The van der Waals surface area contributed by atoms with Crippen LogP contribution in [-0.2, 0) is 16.2 Å². The van der Waals surface area contributed by atoms with Gasteiger partial charge in [-0.25, -0.2) is 12.8 Å². The number of halogens is 4. The molecule has 0 saturated carbocycles. The van der Waals surface area contributed by atoms with Crippen LogP contribution in [0.4, 0.5) is 28.9 Å². The fourth-order valence-corrected chi connectivity index (χ4v) is 5.60. The number of anilines is 2. The molecule has 0 amide bonds. The van der Waals surface area contributed by atoms with E-state index in [0.717, 1.165) is 19.2 Å². The zero-order chi connectivity index (χ0) is 23.0. The molecule has 0 N–H and O–H groups in total. The number of hydrogen-bond acceptors (Lipinski definition) is 5. The van der Waals surface area contributed by atoms with Crippen molar-refractivity contribution in [2.45, 2.75) is 23.5 Å². The third-order valence-electron chi connectivity index (χ3n) is 5.24. The highest BCUT2D eigenvalue weighted by Crippen LogP contribution is 2.45. The van der Waals surface area contributed by atoms with Crippen molar-refractivity contribution in [3.05, 3.63) is 47.8 Å². The van der Waals surface area contributed by atoms with Gasteiger partial charge in [0.25, 0.3) is 0 Å². The zero-order valence-corrected chi connectivity index (χ0v) is 18.7. The molecule has 5 nitrogen and oxygen atoms in total. The van der Waals surface area contributed by atoms with E-state index in [9.17, 15) is 26.0 Å². The van der Waals surface area contributed by atoms with Gasteiger partial charge in [-0.2, -0.15) is 29.2 Å².